The van der Waals surface area contributed by atoms with Crippen molar-refractivity contribution in [3.8, 4) is 5.75 Å². The van der Waals surface area contributed by atoms with Crippen LogP contribution >= 0.6 is 0 Å². The van der Waals surface area contributed by atoms with Gasteiger partial charge in [0, 0.05) is 12.6 Å². The van der Waals surface area contributed by atoms with Crippen molar-refractivity contribution in [2.24, 2.45) is 5.92 Å². The molecule has 0 aromatic heterocycles. The molecule has 0 saturated heterocycles. The van der Waals surface area contributed by atoms with E-state index in [9.17, 15) is 4.79 Å². The first-order valence-electron chi connectivity index (χ1n) is 7.20. The lowest BCUT2D eigenvalue weighted by Crippen LogP contribution is -2.23. The van der Waals surface area contributed by atoms with Gasteiger partial charge in [0.15, 0.2) is 0 Å². The zero-order valence-corrected chi connectivity index (χ0v) is 12.8. The van der Waals surface area contributed by atoms with Gasteiger partial charge in [0.25, 0.3) is 0 Å². The SMILES string of the molecule is CC(C)CCNC(=O)/C=C/c1cccc(OC(C)C)c1. The number of nitrogens with one attached hydrogen (secondary N) is 1. The Morgan fingerprint density at radius 1 is 1.30 bits per heavy atom. The van der Waals surface area contributed by atoms with E-state index in [2.05, 4.69) is 19.2 Å². The van der Waals surface area contributed by atoms with Gasteiger partial charge in [0.2, 0.25) is 5.91 Å². The second kappa shape index (κ2) is 8.41. The molecule has 0 bridgehead atoms. The molecule has 0 spiro atoms. The molecule has 1 aromatic rings. The van der Waals surface area contributed by atoms with Gasteiger partial charge >= 0.3 is 0 Å². The lowest BCUT2D eigenvalue weighted by molar-refractivity contribution is -0.116. The molecule has 3 nitrogen and oxygen atoms in total. The summed E-state index contributed by atoms with van der Waals surface area (Å²) in [6, 6.07) is 7.72. The minimum Gasteiger partial charge on any atom is -0.491 e. The summed E-state index contributed by atoms with van der Waals surface area (Å²) in [4.78, 5) is 11.6. The van der Waals surface area contributed by atoms with Crippen molar-refractivity contribution in [2.45, 2.75) is 40.2 Å². The normalized spacial score (nSPS) is 11.3. The maximum absolute atomic E-state index is 11.6. The van der Waals surface area contributed by atoms with Crippen molar-refractivity contribution in [1.82, 2.24) is 5.32 Å². The van der Waals surface area contributed by atoms with Crippen LogP contribution < -0.4 is 10.1 Å². The summed E-state index contributed by atoms with van der Waals surface area (Å²) in [6.45, 7) is 8.98. The average Bonchev–Trinajstić information content (AvgIpc) is 2.35. The van der Waals surface area contributed by atoms with E-state index in [1.807, 2.05) is 38.1 Å². The van der Waals surface area contributed by atoms with Crippen LogP contribution in [0.1, 0.15) is 39.7 Å². The minimum absolute atomic E-state index is 0.0548. The van der Waals surface area contributed by atoms with E-state index in [1.165, 1.54) is 0 Å². The van der Waals surface area contributed by atoms with E-state index in [0.29, 0.717) is 5.92 Å². The van der Waals surface area contributed by atoms with Crippen LogP contribution in [0.5, 0.6) is 5.75 Å². The van der Waals surface area contributed by atoms with E-state index in [-0.39, 0.29) is 12.0 Å². The van der Waals surface area contributed by atoms with Crippen LogP contribution in [-0.4, -0.2) is 18.6 Å². The molecule has 3 heteroatoms. The Labute approximate surface area is 122 Å². The Balaban J connectivity index is 2.50. The predicted octanol–water partition coefficient (Wildman–Crippen LogP) is 3.65. The largest absolute Gasteiger partial charge is 0.491 e. The number of amides is 1. The van der Waals surface area contributed by atoms with Crippen molar-refractivity contribution in [3.63, 3.8) is 0 Å². The summed E-state index contributed by atoms with van der Waals surface area (Å²) in [5.41, 5.74) is 0.960. The van der Waals surface area contributed by atoms with Gasteiger partial charge in [-0.2, -0.15) is 0 Å². The van der Waals surface area contributed by atoms with E-state index in [1.54, 1.807) is 12.2 Å². The summed E-state index contributed by atoms with van der Waals surface area (Å²) >= 11 is 0. The van der Waals surface area contributed by atoms with Crippen molar-refractivity contribution in [1.29, 1.82) is 0 Å². The third kappa shape index (κ3) is 6.98. The van der Waals surface area contributed by atoms with Gasteiger partial charge in [-0.05, 0) is 50.0 Å². The number of rotatable bonds is 7. The molecule has 0 heterocycles. The molecule has 0 aliphatic heterocycles. The zero-order valence-electron chi connectivity index (χ0n) is 12.8. The van der Waals surface area contributed by atoms with E-state index >= 15 is 0 Å². The molecule has 0 aliphatic rings. The fraction of sp³-hybridized carbons (Fsp3) is 0.471. The number of ether oxygens (including phenoxy) is 1. The smallest absolute Gasteiger partial charge is 0.243 e. The number of hydrogen-bond acceptors (Lipinski definition) is 2. The Bertz CT molecular complexity index is 450. The third-order valence-electron chi connectivity index (χ3n) is 2.68. The molecule has 0 fully saturated rings. The summed E-state index contributed by atoms with van der Waals surface area (Å²) in [6.07, 6.45) is 4.51. The third-order valence-corrected chi connectivity index (χ3v) is 2.68. The summed E-state index contributed by atoms with van der Waals surface area (Å²) in [5, 5.41) is 2.87. The fourth-order valence-electron chi connectivity index (χ4n) is 1.68. The maximum atomic E-state index is 11.6. The number of carbonyl (C=O) groups is 1. The molecule has 1 N–H and O–H groups in total. The summed E-state index contributed by atoms with van der Waals surface area (Å²) in [7, 11) is 0. The molecule has 20 heavy (non-hydrogen) atoms. The van der Waals surface area contributed by atoms with Crippen LogP contribution in [0.15, 0.2) is 30.3 Å². The highest BCUT2D eigenvalue weighted by Crippen LogP contribution is 2.15. The molecule has 0 unspecified atom stereocenters. The van der Waals surface area contributed by atoms with Crippen LogP contribution in [0.3, 0.4) is 0 Å². The lowest BCUT2D eigenvalue weighted by atomic mass is 10.1. The van der Waals surface area contributed by atoms with Gasteiger partial charge < -0.3 is 10.1 Å². The Morgan fingerprint density at radius 2 is 2.05 bits per heavy atom. The molecule has 1 amide bonds. The molecule has 0 saturated carbocycles. The van der Waals surface area contributed by atoms with Crippen LogP contribution in [-0.2, 0) is 4.79 Å². The quantitative estimate of drug-likeness (QED) is 0.771. The number of benzene rings is 1. The molecular weight excluding hydrogens is 250 g/mol. The Kier molecular flexibility index (Phi) is 6.85. The van der Waals surface area contributed by atoms with Gasteiger partial charge in [0.1, 0.15) is 5.75 Å². The second-order valence-corrected chi connectivity index (χ2v) is 5.55. The molecule has 110 valence electrons. The topological polar surface area (TPSA) is 38.3 Å². The van der Waals surface area contributed by atoms with Crippen LogP contribution in [0, 0.1) is 5.92 Å². The molecule has 0 radical (unpaired) electrons. The van der Waals surface area contributed by atoms with Crippen LogP contribution in [0.25, 0.3) is 6.08 Å². The standard InChI is InChI=1S/C17H25NO2/c1-13(2)10-11-18-17(19)9-8-15-6-5-7-16(12-15)20-14(3)4/h5-9,12-14H,10-11H2,1-4H3,(H,18,19)/b9-8+. The van der Waals surface area contributed by atoms with Gasteiger partial charge in [-0.15, -0.1) is 0 Å². The summed E-state index contributed by atoms with van der Waals surface area (Å²) < 4.78 is 5.62. The minimum atomic E-state index is -0.0548. The fourth-order valence-corrected chi connectivity index (χ4v) is 1.68. The lowest BCUT2D eigenvalue weighted by Gasteiger charge is -2.09. The molecule has 0 aliphatic carbocycles. The molecule has 1 rings (SSSR count). The highest BCUT2D eigenvalue weighted by atomic mass is 16.5. The van der Waals surface area contributed by atoms with Gasteiger partial charge in [-0.25, -0.2) is 0 Å². The number of hydrogen-bond donors (Lipinski definition) is 1. The van der Waals surface area contributed by atoms with Gasteiger partial charge in [-0.1, -0.05) is 26.0 Å². The zero-order chi connectivity index (χ0) is 15.0. The van der Waals surface area contributed by atoms with Crippen molar-refractivity contribution in [2.75, 3.05) is 6.54 Å². The average molecular weight is 275 g/mol. The second-order valence-electron chi connectivity index (χ2n) is 5.55. The van der Waals surface area contributed by atoms with Crippen LogP contribution in [0.4, 0.5) is 0 Å². The van der Waals surface area contributed by atoms with Gasteiger partial charge in [0.05, 0.1) is 6.10 Å². The first kappa shape index (κ1) is 16.3. The molecule has 0 atom stereocenters. The van der Waals surface area contributed by atoms with Crippen LogP contribution in [0.2, 0.25) is 0 Å². The van der Waals surface area contributed by atoms with E-state index < -0.39 is 0 Å². The summed E-state index contributed by atoms with van der Waals surface area (Å²) in [5.74, 6) is 1.37. The van der Waals surface area contributed by atoms with E-state index in [4.69, 9.17) is 4.74 Å². The molecular formula is C17H25NO2. The highest BCUT2D eigenvalue weighted by molar-refractivity contribution is 5.91. The first-order valence-corrected chi connectivity index (χ1v) is 7.20. The van der Waals surface area contributed by atoms with E-state index in [0.717, 1.165) is 24.3 Å². The Morgan fingerprint density at radius 3 is 2.70 bits per heavy atom. The first-order chi connectivity index (χ1) is 9.47. The predicted molar refractivity (Wildman–Crippen MR) is 83.7 cm³/mol. The van der Waals surface area contributed by atoms with Gasteiger partial charge in [-0.3, -0.25) is 4.79 Å². The molecule has 1 aromatic carbocycles. The highest BCUT2D eigenvalue weighted by Gasteiger charge is 1.99. The monoisotopic (exact) mass is 275 g/mol. The van der Waals surface area contributed by atoms with Crippen molar-refractivity contribution in [3.05, 3.63) is 35.9 Å². The Hall–Kier alpha value is -1.77. The van der Waals surface area contributed by atoms with Crippen molar-refractivity contribution < 1.29 is 9.53 Å². The van der Waals surface area contributed by atoms with Crippen molar-refractivity contribution >= 4 is 12.0 Å². The maximum Gasteiger partial charge on any atom is 0.243 e. The number of carbonyl (C=O) groups excluding carboxylic acids is 1.